The van der Waals surface area contributed by atoms with E-state index in [0.717, 1.165) is 37.8 Å². The van der Waals surface area contributed by atoms with E-state index in [0.29, 0.717) is 13.2 Å². The highest BCUT2D eigenvalue weighted by atomic mass is 127. The molecule has 6 nitrogen and oxygen atoms in total. The minimum absolute atomic E-state index is 0. The minimum Gasteiger partial charge on any atom is -0.466 e. The lowest BCUT2D eigenvalue weighted by Gasteiger charge is -2.35. The smallest absolute Gasteiger partial charge is 0.310 e. The van der Waals surface area contributed by atoms with Crippen molar-refractivity contribution in [2.45, 2.75) is 46.0 Å². The zero-order chi connectivity index (χ0) is 18.1. The third-order valence-electron chi connectivity index (χ3n) is 5.35. The average molecular weight is 480 g/mol. The van der Waals surface area contributed by atoms with Crippen LogP contribution in [0.4, 0.5) is 0 Å². The standard InChI is InChI=1S/C19H36N4O2.HI/c1-4-10-22-12-8-16(9-13-22)14-21-19(20-3)23-11-6-7-17(15-23)18(24)25-5-2;/h16-17H,4-15H2,1-3H3,(H,20,21);1H. The quantitative estimate of drug-likeness (QED) is 0.274. The first-order chi connectivity index (χ1) is 12.2. The summed E-state index contributed by atoms with van der Waals surface area (Å²) in [6.07, 6.45) is 5.69. The second-order valence-corrected chi connectivity index (χ2v) is 7.25. The normalized spacial score (nSPS) is 22.7. The molecule has 152 valence electrons. The molecule has 0 saturated carbocycles. The molecular weight excluding hydrogens is 443 g/mol. The van der Waals surface area contributed by atoms with Gasteiger partial charge in [0.05, 0.1) is 12.5 Å². The Morgan fingerprint density at radius 2 is 1.92 bits per heavy atom. The van der Waals surface area contributed by atoms with E-state index in [4.69, 9.17) is 4.74 Å². The number of guanidine groups is 1. The zero-order valence-corrected chi connectivity index (χ0v) is 19.0. The number of hydrogen-bond donors (Lipinski definition) is 1. The first-order valence-electron chi connectivity index (χ1n) is 10.0. The van der Waals surface area contributed by atoms with Gasteiger partial charge in [-0.1, -0.05) is 6.92 Å². The molecule has 0 radical (unpaired) electrons. The van der Waals surface area contributed by atoms with Crippen LogP contribution in [0.25, 0.3) is 0 Å². The molecule has 2 heterocycles. The molecule has 1 atom stereocenters. The number of ether oxygens (including phenoxy) is 1. The van der Waals surface area contributed by atoms with E-state index in [1.54, 1.807) is 0 Å². The highest BCUT2D eigenvalue weighted by Gasteiger charge is 2.28. The molecule has 0 aromatic heterocycles. The summed E-state index contributed by atoms with van der Waals surface area (Å²) in [5.41, 5.74) is 0. The van der Waals surface area contributed by atoms with Crippen molar-refractivity contribution in [2.24, 2.45) is 16.8 Å². The number of carbonyl (C=O) groups is 1. The van der Waals surface area contributed by atoms with E-state index in [9.17, 15) is 4.79 Å². The van der Waals surface area contributed by atoms with Crippen LogP contribution in [0.2, 0.25) is 0 Å². The molecule has 2 fully saturated rings. The van der Waals surface area contributed by atoms with Gasteiger partial charge in [0.15, 0.2) is 5.96 Å². The lowest BCUT2D eigenvalue weighted by Crippen LogP contribution is -2.49. The maximum atomic E-state index is 12.0. The number of carbonyl (C=O) groups excluding carboxylic acids is 1. The SMILES string of the molecule is CCCN1CCC(CNC(=NC)N2CCCC(C(=O)OCC)C2)CC1.I. The van der Waals surface area contributed by atoms with Crippen molar-refractivity contribution < 1.29 is 9.53 Å². The van der Waals surface area contributed by atoms with Crippen LogP contribution in [0, 0.1) is 11.8 Å². The fourth-order valence-corrected chi connectivity index (χ4v) is 3.92. The van der Waals surface area contributed by atoms with Gasteiger partial charge in [0.2, 0.25) is 0 Å². The van der Waals surface area contributed by atoms with E-state index >= 15 is 0 Å². The van der Waals surface area contributed by atoms with Crippen LogP contribution < -0.4 is 5.32 Å². The van der Waals surface area contributed by atoms with Gasteiger partial charge in [-0.05, 0) is 64.6 Å². The second kappa shape index (κ2) is 12.8. The fraction of sp³-hybridized carbons (Fsp3) is 0.895. The molecule has 0 spiro atoms. The molecule has 0 bridgehead atoms. The van der Waals surface area contributed by atoms with Crippen molar-refractivity contribution in [1.29, 1.82) is 0 Å². The number of esters is 1. The Morgan fingerprint density at radius 1 is 1.19 bits per heavy atom. The van der Waals surface area contributed by atoms with Gasteiger partial charge in [0.1, 0.15) is 0 Å². The van der Waals surface area contributed by atoms with Crippen molar-refractivity contribution in [2.75, 3.05) is 52.9 Å². The Morgan fingerprint density at radius 3 is 2.54 bits per heavy atom. The summed E-state index contributed by atoms with van der Waals surface area (Å²) < 4.78 is 5.20. The maximum absolute atomic E-state index is 12.0. The lowest BCUT2D eigenvalue weighted by molar-refractivity contribution is -0.149. The van der Waals surface area contributed by atoms with Gasteiger partial charge in [0.25, 0.3) is 0 Å². The molecular formula is C19H37IN4O2. The summed E-state index contributed by atoms with van der Waals surface area (Å²) in [7, 11) is 1.83. The molecule has 2 aliphatic rings. The van der Waals surface area contributed by atoms with Crippen LogP contribution in [0.5, 0.6) is 0 Å². The summed E-state index contributed by atoms with van der Waals surface area (Å²) in [6, 6.07) is 0. The largest absolute Gasteiger partial charge is 0.466 e. The number of nitrogens with one attached hydrogen (secondary N) is 1. The molecule has 0 aliphatic carbocycles. The molecule has 2 saturated heterocycles. The van der Waals surface area contributed by atoms with Crippen LogP contribution in [0.3, 0.4) is 0 Å². The fourth-order valence-electron chi connectivity index (χ4n) is 3.92. The Labute approximate surface area is 176 Å². The third-order valence-corrected chi connectivity index (χ3v) is 5.35. The Balaban J connectivity index is 0.00000338. The van der Waals surface area contributed by atoms with E-state index in [1.165, 1.54) is 38.9 Å². The molecule has 1 unspecified atom stereocenters. The molecule has 0 amide bonds. The van der Waals surface area contributed by atoms with Gasteiger partial charge in [-0.2, -0.15) is 0 Å². The van der Waals surface area contributed by atoms with Crippen LogP contribution in [0.15, 0.2) is 4.99 Å². The summed E-state index contributed by atoms with van der Waals surface area (Å²) in [5.74, 6) is 1.57. The summed E-state index contributed by atoms with van der Waals surface area (Å²) in [5, 5.41) is 3.55. The number of aliphatic imine (C=N–C) groups is 1. The summed E-state index contributed by atoms with van der Waals surface area (Å²) in [6.45, 7) is 10.9. The van der Waals surface area contributed by atoms with Crippen LogP contribution in [-0.4, -0.2) is 74.7 Å². The number of nitrogens with zero attached hydrogens (tertiary/aromatic N) is 3. The Kier molecular flexibility index (Phi) is 11.5. The highest BCUT2D eigenvalue weighted by Crippen LogP contribution is 2.19. The first-order valence-corrected chi connectivity index (χ1v) is 10.0. The van der Waals surface area contributed by atoms with E-state index in [1.807, 2.05) is 14.0 Å². The monoisotopic (exact) mass is 480 g/mol. The maximum Gasteiger partial charge on any atom is 0.310 e. The van der Waals surface area contributed by atoms with Gasteiger partial charge in [-0.25, -0.2) is 0 Å². The van der Waals surface area contributed by atoms with Crippen LogP contribution >= 0.6 is 24.0 Å². The Hall–Kier alpha value is -0.570. The van der Waals surface area contributed by atoms with Crippen molar-refractivity contribution in [3.8, 4) is 0 Å². The van der Waals surface area contributed by atoms with Gasteiger partial charge >= 0.3 is 5.97 Å². The molecule has 26 heavy (non-hydrogen) atoms. The van der Waals surface area contributed by atoms with Crippen molar-refractivity contribution >= 4 is 35.9 Å². The number of rotatable bonds is 6. The summed E-state index contributed by atoms with van der Waals surface area (Å²) >= 11 is 0. The van der Waals surface area contributed by atoms with Gasteiger partial charge in [-0.15, -0.1) is 24.0 Å². The highest BCUT2D eigenvalue weighted by molar-refractivity contribution is 14.0. The number of halogens is 1. The van der Waals surface area contributed by atoms with Gasteiger partial charge in [0, 0.05) is 26.7 Å². The lowest BCUT2D eigenvalue weighted by atomic mass is 9.96. The van der Waals surface area contributed by atoms with E-state index in [-0.39, 0.29) is 35.9 Å². The van der Waals surface area contributed by atoms with Crippen molar-refractivity contribution in [3.05, 3.63) is 0 Å². The molecule has 2 rings (SSSR count). The van der Waals surface area contributed by atoms with Crippen LogP contribution in [-0.2, 0) is 9.53 Å². The molecule has 0 aromatic rings. The van der Waals surface area contributed by atoms with E-state index in [2.05, 4.69) is 27.0 Å². The average Bonchev–Trinajstić information content (AvgIpc) is 2.64. The van der Waals surface area contributed by atoms with Crippen molar-refractivity contribution in [1.82, 2.24) is 15.1 Å². The summed E-state index contributed by atoms with van der Waals surface area (Å²) in [4.78, 5) is 21.3. The topological polar surface area (TPSA) is 57.2 Å². The van der Waals surface area contributed by atoms with Gasteiger partial charge in [-0.3, -0.25) is 9.79 Å². The number of piperidine rings is 2. The molecule has 1 N–H and O–H groups in total. The van der Waals surface area contributed by atoms with Crippen molar-refractivity contribution in [3.63, 3.8) is 0 Å². The van der Waals surface area contributed by atoms with Crippen LogP contribution in [0.1, 0.15) is 46.0 Å². The number of likely N-dealkylation sites (tertiary alicyclic amines) is 2. The second-order valence-electron chi connectivity index (χ2n) is 7.25. The minimum atomic E-state index is -0.0639. The molecule has 0 aromatic carbocycles. The number of hydrogen-bond acceptors (Lipinski definition) is 4. The predicted molar refractivity (Wildman–Crippen MR) is 117 cm³/mol. The predicted octanol–water partition coefficient (Wildman–Crippen LogP) is 2.58. The third kappa shape index (κ3) is 7.21. The Bertz CT molecular complexity index is 439. The molecule has 2 aliphatic heterocycles. The van der Waals surface area contributed by atoms with Gasteiger partial charge < -0.3 is 19.9 Å². The first kappa shape index (κ1) is 23.5. The zero-order valence-electron chi connectivity index (χ0n) is 16.7. The van der Waals surface area contributed by atoms with E-state index < -0.39 is 0 Å². The molecule has 7 heteroatoms.